The lowest BCUT2D eigenvalue weighted by Crippen LogP contribution is -2.54. The first-order chi connectivity index (χ1) is 16.3. The first kappa shape index (κ1) is 22.6. The van der Waals surface area contributed by atoms with Crippen molar-refractivity contribution in [3.05, 3.63) is 58.9 Å². The molecule has 1 aromatic carbocycles. The number of piperidine rings is 1. The number of methoxy groups -OCH3 is 1. The van der Waals surface area contributed by atoms with Crippen LogP contribution >= 0.6 is 0 Å². The number of nitrogens with one attached hydrogen (secondary N) is 1. The molecule has 1 fully saturated rings. The molecule has 0 aliphatic carbocycles. The van der Waals surface area contributed by atoms with Gasteiger partial charge in [-0.2, -0.15) is 10.2 Å². The number of fused-ring (bicyclic) bond motifs is 1. The largest absolute Gasteiger partial charge is 0.388 e. The van der Waals surface area contributed by atoms with E-state index < -0.39 is 11.7 Å². The van der Waals surface area contributed by atoms with Gasteiger partial charge in [0.05, 0.1) is 29.1 Å². The van der Waals surface area contributed by atoms with Gasteiger partial charge in [0.2, 0.25) is 0 Å². The van der Waals surface area contributed by atoms with E-state index in [9.17, 15) is 5.11 Å². The minimum atomic E-state index is -0.855. The number of nitrogens with zero attached hydrogens (tertiary/aromatic N) is 6. The van der Waals surface area contributed by atoms with E-state index >= 15 is 0 Å². The highest BCUT2D eigenvalue weighted by molar-refractivity contribution is 5.80. The highest BCUT2D eigenvalue weighted by atomic mass is 16.5. The zero-order valence-corrected chi connectivity index (χ0v) is 20.3. The molecule has 0 amide bonds. The normalized spacial score (nSPS) is 21.4. The van der Waals surface area contributed by atoms with Crippen molar-refractivity contribution in [1.82, 2.24) is 34.8 Å². The number of β-amino-alcohol motifs (C(OH)–C–C–N with tert-alkyl or cyclic N) is 1. The second-order valence-corrected chi connectivity index (χ2v) is 9.17. The molecule has 0 spiro atoms. The molecule has 1 aliphatic heterocycles. The molecule has 9 heteroatoms. The second kappa shape index (κ2) is 8.57. The van der Waals surface area contributed by atoms with Crippen LogP contribution < -0.4 is 0 Å². The van der Waals surface area contributed by atoms with Crippen molar-refractivity contribution < 1.29 is 9.84 Å². The van der Waals surface area contributed by atoms with E-state index in [-0.39, 0.29) is 0 Å². The summed E-state index contributed by atoms with van der Waals surface area (Å²) in [4.78, 5) is 11.6. The summed E-state index contributed by atoms with van der Waals surface area (Å²) < 4.78 is 7.82. The van der Waals surface area contributed by atoms with E-state index in [1.54, 1.807) is 7.11 Å². The van der Waals surface area contributed by atoms with Gasteiger partial charge in [-0.3, -0.25) is 14.7 Å². The topological polar surface area (TPSA) is 105 Å². The summed E-state index contributed by atoms with van der Waals surface area (Å²) in [6.07, 6.45) is -0.124. The van der Waals surface area contributed by atoms with Crippen LogP contribution in [0.15, 0.2) is 30.3 Å². The van der Waals surface area contributed by atoms with E-state index in [0.717, 1.165) is 57.3 Å². The Morgan fingerprint density at radius 3 is 2.68 bits per heavy atom. The number of aromatic nitrogens is 6. The van der Waals surface area contributed by atoms with Crippen LogP contribution in [-0.4, -0.2) is 66.3 Å². The summed E-state index contributed by atoms with van der Waals surface area (Å²) in [5, 5.41) is 24.5. The quantitative estimate of drug-likeness (QED) is 0.471. The molecule has 0 bridgehead atoms. The molecular formula is C25H31N7O2. The van der Waals surface area contributed by atoms with Gasteiger partial charge in [0.25, 0.3) is 0 Å². The first-order valence-corrected chi connectivity index (χ1v) is 11.6. The molecule has 178 valence electrons. The molecular weight excluding hydrogens is 430 g/mol. The minimum Gasteiger partial charge on any atom is -0.388 e. The number of hydrogen-bond acceptors (Lipinski definition) is 7. The predicted octanol–water partition coefficient (Wildman–Crippen LogP) is 2.79. The van der Waals surface area contributed by atoms with Crippen LogP contribution in [0.25, 0.3) is 22.2 Å². The number of aliphatic hydroxyl groups is 1. The van der Waals surface area contributed by atoms with Gasteiger partial charge in [-0.15, -0.1) is 0 Å². The third kappa shape index (κ3) is 3.70. The lowest BCUT2D eigenvalue weighted by atomic mass is 9.84. The molecule has 4 heterocycles. The number of ether oxygens (including phenoxy) is 1. The van der Waals surface area contributed by atoms with Crippen molar-refractivity contribution in [2.75, 3.05) is 20.2 Å². The maximum atomic E-state index is 11.3. The SMILES string of the molecule is CO[C@@]1(c2cc(-c3c(C)nn(C)c3C)n[nH]2)CCN(Cc2nc(C)c3ccccc3n2)C[C@@H]1O. The van der Waals surface area contributed by atoms with Crippen molar-refractivity contribution in [3.8, 4) is 11.3 Å². The van der Waals surface area contributed by atoms with Crippen molar-refractivity contribution >= 4 is 10.9 Å². The van der Waals surface area contributed by atoms with E-state index in [1.165, 1.54) is 0 Å². The molecule has 0 unspecified atom stereocenters. The number of benzene rings is 1. The fourth-order valence-corrected chi connectivity index (χ4v) is 5.16. The smallest absolute Gasteiger partial charge is 0.143 e. The van der Waals surface area contributed by atoms with E-state index in [1.807, 2.05) is 62.8 Å². The van der Waals surface area contributed by atoms with Gasteiger partial charge in [0.15, 0.2) is 0 Å². The Morgan fingerprint density at radius 1 is 1.18 bits per heavy atom. The van der Waals surface area contributed by atoms with Crippen LogP contribution in [0.4, 0.5) is 0 Å². The average Bonchev–Trinajstić information content (AvgIpc) is 3.38. The molecule has 0 radical (unpaired) electrons. The molecule has 0 saturated carbocycles. The summed E-state index contributed by atoms with van der Waals surface area (Å²) in [5.74, 6) is 0.764. The van der Waals surface area contributed by atoms with E-state index in [0.29, 0.717) is 19.5 Å². The number of hydrogen-bond donors (Lipinski definition) is 2. The van der Waals surface area contributed by atoms with Crippen LogP contribution in [0.2, 0.25) is 0 Å². The zero-order chi connectivity index (χ0) is 24.0. The van der Waals surface area contributed by atoms with Crippen LogP contribution in [0, 0.1) is 20.8 Å². The maximum absolute atomic E-state index is 11.3. The van der Waals surface area contributed by atoms with Gasteiger partial charge in [-0.05, 0) is 39.3 Å². The first-order valence-electron chi connectivity index (χ1n) is 11.6. The number of H-pyrrole nitrogens is 1. The highest BCUT2D eigenvalue weighted by Gasteiger charge is 2.46. The molecule has 9 nitrogen and oxygen atoms in total. The molecule has 2 N–H and O–H groups in total. The number of aryl methyl sites for hydroxylation is 3. The van der Waals surface area contributed by atoms with Crippen LogP contribution in [0.1, 0.15) is 35.0 Å². The van der Waals surface area contributed by atoms with Crippen molar-refractivity contribution in [2.45, 2.75) is 45.4 Å². The van der Waals surface area contributed by atoms with E-state index in [2.05, 4.69) is 20.2 Å². The number of likely N-dealkylation sites (tertiary alicyclic amines) is 1. The predicted molar refractivity (Wildman–Crippen MR) is 129 cm³/mol. The molecule has 34 heavy (non-hydrogen) atoms. The van der Waals surface area contributed by atoms with Crippen molar-refractivity contribution in [1.29, 1.82) is 0 Å². The number of aliphatic hydroxyl groups excluding tert-OH is 1. The fourth-order valence-electron chi connectivity index (χ4n) is 5.16. The van der Waals surface area contributed by atoms with Gasteiger partial charge in [0, 0.05) is 49.6 Å². The molecule has 3 aromatic heterocycles. The fraction of sp³-hybridized carbons (Fsp3) is 0.440. The average molecular weight is 462 g/mol. The van der Waals surface area contributed by atoms with Gasteiger partial charge in [-0.25, -0.2) is 9.97 Å². The Morgan fingerprint density at radius 2 is 1.97 bits per heavy atom. The lowest BCUT2D eigenvalue weighted by molar-refractivity contribution is -0.150. The third-order valence-electron chi connectivity index (χ3n) is 7.14. The summed E-state index contributed by atoms with van der Waals surface area (Å²) in [7, 11) is 3.58. The van der Waals surface area contributed by atoms with Crippen molar-refractivity contribution in [3.63, 3.8) is 0 Å². The molecule has 1 aliphatic rings. The zero-order valence-electron chi connectivity index (χ0n) is 20.3. The molecule has 1 saturated heterocycles. The lowest BCUT2D eigenvalue weighted by Gasteiger charge is -2.43. The Balaban J connectivity index is 1.37. The maximum Gasteiger partial charge on any atom is 0.143 e. The second-order valence-electron chi connectivity index (χ2n) is 9.17. The highest BCUT2D eigenvalue weighted by Crippen LogP contribution is 2.38. The third-order valence-corrected chi connectivity index (χ3v) is 7.14. The van der Waals surface area contributed by atoms with Gasteiger partial charge in [0.1, 0.15) is 17.5 Å². The molecule has 5 rings (SSSR count). The van der Waals surface area contributed by atoms with Gasteiger partial charge in [-0.1, -0.05) is 18.2 Å². The molecule has 2 atom stereocenters. The Hall–Kier alpha value is -3.14. The molecule has 4 aromatic rings. The van der Waals surface area contributed by atoms with Crippen LogP contribution in [0.3, 0.4) is 0 Å². The number of rotatable bonds is 5. The number of aromatic amines is 1. The Labute approximate surface area is 198 Å². The summed E-state index contributed by atoms with van der Waals surface area (Å²) in [6, 6.07) is 10.0. The van der Waals surface area contributed by atoms with Crippen molar-refractivity contribution in [2.24, 2.45) is 7.05 Å². The van der Waals surface area contributed by atoms with Crippen LogP contribution in [-0.2, 0) is 23.9 Å². The summed E-state index contributed by atoms with van der Waals surface area (Å²) in [6.45, 7) is 7.77. The Bertz CT molecular complexity index is 1340. The minimum absolute atomic E-state index is 0.447. The monoisotopic (exact) mass is 461 g/mol. The van der Waals surface area contributed by atoms with E-state index in [4.69, 9.17) is 14.7 Å². The summed E-state index contributed by atoms with van der Waals surface area (Å²) in [5.41, 5.74) is 5.61. The summed E-state index contributed by atoms with van der Waals surface area (Å²) >= 11 is 0. The van der Waals surface area contributed by atoms with Crippen LogP contribution in [0.5, 0.6) is 0 Å². The number of para-hydroxylation sites is 1. The Kier molecular flexibility index (Phi) is 5.71. The van der Waals surface area contributed by atoms with Gasteiger partial charge < -0.3 is 9.84 Å². The standard InChI is InChI=1S/C25H31N7O2/c1-15-18-8-6-7-9-19(18)27-23(26-15)14-32-11-10-25(34-5,22(33)13-32)21-12-20(28-29-21)24-16(2)30-31(4)17(24)3/h6-9,12,22,33H,10-11,13-14H2,1-5H3,(H,28,29)/t22-,25+/m0/s1. The van der Waals surface area contributed by atoms with Gasteiger partial charge >= 0.3 is 0 Å².